The van der Waals surface area contributed by atoms with Crippen molar-refractivity contribution in [1.29, 1.82) is 0 Å². The first kappa shape index (κ1) is 14.8. The van der Waals surface area contributed by atoms with Gasteiger partial charge in [0.15, 0.2) is 0 Å². The molecular weight excluding hydrogens is 306 g/mol. The lowest BCUT2D eigenvalue weighted by Gasteiger charge is -2.26. The summed E-state index contributed by atoms with van der Waals surface area (Å²) in [5.41, 5.74) is 1.20. The van der Waals surface area contributed by atoms with Crippen LogP contribution in [0.3, 0.4) is 0 Å². The lowest BCUT2D eigenvalue weighted by Crippen LogP contribution is -2.21. The number of benzene rings is 1. The van der Waals surface area contributed by atoms with Gasteiger partial charge in [-0.05, 0) is 40.8 Å². The number of hydrogen-bond acceptors (Lipinski definition) is 3. The molecule has 2 rings (SSSR count). The Morgan fingerprint density at radius 1 is 1.37 bits per heavy atom. The Bertz CT molecular complexity index is 394. The van der Waals surface area contributed by atoms with E-state index < -0.39 is 0 Å². The van der Waals surface area contributed by atoms with E-state index in [1.807, 2.05) is 12.1 Å². The Hall–Kier alpha value is -0.580. The third-order valence-corrected chi connectivity index (χ3v) is 4.16. The summed E-state index contributed by atoms with van der Waals surface area (Å²) in [6.07, 6.45) is 3.98. The first-order chi connectivity index (χ1) is 9.31. The molecular formula is C15H22BrNO2. The molecule has 19 heavy (non-hydrogen) atoms. The normalized spacial score (nSPS) is 15.3. The molecule has 0 spiro atoms. The fourth-order valence-corrected chi connectivity index (χ4v) is 2.63. The Labute approximate surface area is 123 Å². The molecule has 0 bridgehead atoms. The molecule has 106 valence electrons. The van der Waals surface area contributed by atoms with Crippen LogP contribution in [0.4, 0.5) is 0 Å². The SMILES string of the molecule is COCCNCc1cccc(Br)c1OCC1CCC1. The van der Waals surface area contributed by atoms with Gasteiger partial charge in [-0.15, -0.1) is 0 Å². The Balaban J connectivity index is 1.90. The zero-order valence-corrected chi connectivity index (χ0v) is 13.0. The van der Waals surface area contributed by atoms with Crippen LogP contribution >= 0.6 is 15.9 Å². The lowest BCUT2D eigenvalue weighted by atomic mass is 9.86. The predicted molar refractivity (Wildman–Crippen MR) is 80.6 cm³/mol. The van der Waals surface area contributed by atoms with E-state index in [2.05, 4.69) is 27.3 Å². The number of nitrogens with one attached hydrogen (secondary N) is 1. The first-order valence-electron chi connectivity index (χ1n) is 6.91. The minimum absolute atomic E-state index is 0.728. The van der Waals surface area contributed by atoms with Gasteiger partial charge in [0.1, 0.15) is 5.75 Å². The Kier molecular flexibility index (Phi) is 6.14. The number of hydrogen-bond donors (Lipinski definition) is 1. The van der Waals surface area contributed by atoms with Crippen LogP contribution in [0.5, 0.6) is 5.75 Å². The largest absolute Gasteiger partial charge is 0.492 e. The molecule has 1 aromatic carbocycles. The van der Waals surface area contributed by atoms with E-state index in [0.29, 0.717) is 0 Å². The van der Waals surface area contributed by atoms with Crippen LogP contribution in [0.2, 0.25) is 0 Å². The molecule has 1 aliphatic rings. The van der Waals surface area contributed by atoms with Crippen molar-refractivity contribution in [2.24, 2.45) is 5.92 Å². The van der Waals surface area contributed by atoms with Crippen LogP contribution in [-0.2, 0) is 11.3 Å². The summed E-state index contributed by atoms with van der Waals surface area (Å²) < 4.78 is 12.1. The van der Waals surface area contributed by atoms with Crippen molar-refractivity contribution in [2.75, 3.05) is 26.9 Å². The zero-order chi connectivity index (χ0) is 13.5. The van der Waals surface area contributed by atoms with Crippen molar-refractivity contribution in [3.05, 3.63) is 28.2 Å². The van der Waals surface area contributed by atoms with Crippen molar-refractivity contribution >= 4 is 15.9 Å². The zero-order valence-electron chi connectivity index (χ0n) is 11.5. The molecule has 0 saturated heterocycles. The fourth-order valence-electron chi connectivity index (χ4n) is 2.11. The van der Waals surface area contributed by atoms with Crippen molar-refractivity contribution < 1.29 is 9.47 Å². The molecule has 0 aromatic heterocycles. The van der Waals surface area contributed by atoms with Gasteiger partial charge in [0.25, 0.3) is 0 Å². The summed E-state index contributed by atoms with van der Waals surface area (Å²) in [4.78, 5) is 0. The molecule has 0 unspecified atom stereocenters. The van der Waals surface area contributed by atoms with E-state index in [1.165, 1.54) is 24.8 Å². The van der Waals surface area contributed by atoms with E-state index >= 15 is 0 Å². The van der Waals surface area contributed by atoms with Crippen LogP contribution < -0.4 is 10.1 Å². The van der Waals surface area contributed by atoms with E-state index in [-0.39, 0.29) is 0 Å². The van der Waals surface area contributed by atoms with E-state index in [4.69, 9.17) is 9.47 Å². The van der Waals surface area contributed by atoms with Gasteiger partial charge < -0.3 is 14.8 Å². The second kappa shape index (κ2) is 7.88. The van der Waals surface area contributed by atoms with Crippen molar-refractivity contribution in [3.63, 3.8) is 0 Å². The summed E-state index contributed by atoms with van der Waals surface area (Å²) >= 11 is 3.58. The highest BCUT2D eigenvalue weighted by atomic mass is 79.9. The highest BCUT2D eigenvalue weighted by Crippen LogP contribution is 2.32. The van der Waals surface area contributed by atoms with Crippen LogP contribution in [0.25, 0.3) is 0 Å². The van der Waals surface area contributed by atoms with Gasteiger partial charge in [0.05, 0.1) is 17.7 Å². The monoisotopic (exact) mass is 327 g/mol. The van der Waals surface area contributed by atoms with Gasteiger partial charge in [-0.2, -0.15) is 0 Å². The molecule has 3 nitrogen and oxygen atoms in total. The molecule has 1 fully saturated rings. The Morgan fingerprint density at radius 3 is 2.89 bits per heavy atom. The summed E-state index contributed by atoms with van der Waals surface area (Å²) in [5, 5.41) is 3.36. The van der Waals surface area contributed by atoms with Gasteiger partial charge >= 0.3 is 0 Å². The lowest BCUT2D eigenvalue weighted by molar-refractivity contribution is 0.178. The van der Waals surface area contributed by atoms with Crippen LogP contribution in [0.1, 0.15) is 24.8 Å². The first-order valence-corrected chi connectivity index (χ1v) is 7.70. The van der Waals surface area contributed by atoms with Crippen LogP contribution in [0.15, 0.2) is 22.7 Å². The van der Waals surface area contributed by atoms with Crippen LogP contribution in [-0.4, -0.2) is 26.9 Å². The van der Waals surface area contributed by atoms with Gasteiger partial charge in [0.2, 0.25) is 0 Å². The van der Waals surface area contributed by atoms with E-state index in [0.717, 1.165) is 42.4 Å². The summed E-state index contributed by atoms with van der Waals surface area (Å²) in [5.74, 6) is 1.74. The fraction of sp³-hybridized carbons (Fsp3) is 0.600. The predicted octanol–water partition coefficient (Wildman–Crippen LogP) is 3.36. The summed E-state index contributed by atoms with van der Waals surface area (Å²) in [7, 11) is 1.72. The molecule has 4 heteroatoms. The maximum absolute atomic E-state index is 6.01. The van der Waals surface area contributed by atoms with Crippen LogP contribution in [0, 0.1) is 5.92 Å². The van der Waals surface area contributed by atoms with Crippen molar-refractivity contribution in [2.45, 2.75) is 25.8 Å². The van der Waals surface area contributed by atoms with Gasteiger partial charge in [0, 0.05) is 25.8 Å². The second-order valence-corrected chi connectivity index (χ2v) is 5.86. The minimum atomic E-state index is 0.728. The molecule has 1 aliphatic carbocycles. The Morgan fingerprint density at radius 2 is 2.21 bits per heavy atom. The highest BCUT2D eigenvalue weighted by Gasteiger charge is 2.19. The van der Waals surface area contributed by atoms with E-state index in [9.17, 15) is 0 Å². The van der Waals surface area contributed by atoms with E-state index in [1.54, 1.807) is 7.11 Å². The highest BCUT2D eigenvalue weighted by molar-refractivity contribution is 9.10. The second-order valence-electron chi connectivity index (χ2n) is 5.01. The van der Waals surface area contributed by atoms with Crippen molar-refractivity contribution in [3.8, 4) is 5.75 Å². The number of ether oxygens (including phenoxy) is 2. The van der Waals surface area contributed by atoms with Gasteiger partial charge in [-0.25, -0.2) is 0 Å². The number of rotatable bonds is 8. The number of methoxy groups -OCH3 is 1. The molecule has 0 aliphatic heterocycles. The summed E-state index contributed by atoms with van der Waals surface area (Å²) in [6.45, 7) is 3.23. The minimum Gasteiger partial charge on any atom is -0.492 e. The van der Waals surface area contributed by atoms with Gasteiger partial charge in [-0.1, -0.05) is 18.6 Å². The maximum atomic E-state index is 6.01. The molecule has 0 radical (unpaired) electrons. The molecule has 0 atom stereocenters. The standard InChI is InChI=1S/C15H22BrNO2/c1-18-9-8-17-10-13-6-3-7-14(16)15(13)19-11-12-4-2-5-12/h3,6-7,12,17H,2,4-5,8-11H2,1H3. The van der Waals surface area contributed by atoms with Gasteiger partial charge in [-0.3, -0.25) is 0 Å². The molecule has 1 saturated carbocycles. The molecule has 1 aromatic rings. The molecule has 0 amide bonds. The maximum Gasteiger partial charge on any atom is 0.137 e. The quantitative estimate of drug-likeness (QED) is 0.742. The molecule has 1 N–H and O–H groups in total. The third kappa shape index (κ3) is 4.48. The van der Waals surface area contributed by atoms with Crippen molar-refractivity contribution in [1.82, 2.24) is 5.32 Å². The average molecular weight is 328 g/mol. The number of halogens is 1. The third-order valence-electron chi connectivity index (χ3n) is 3.54. The average Bonchev–Trinajstić information content (AvgIpc) is 2.35. The topological polar surface area (TPSA) is 30.5 Å². The smallest absolute Gasteiger partial charge is 0.137 e. The molecule has 0 heterocycles. The number of para-hydroxylation sites is 1. The summed E-state index contributed by atoms with van der Waals surface area (Å²) in [6, 6.07) is 6.20.